The fraction of sp³-hybridized carbons (Fsp3) is 0.444. The minimum Gasteiger partial charge on any atom is -0.469 e. The summed E-state index contributed by atoms with van der Waals surface area (Å²) in [5.41, 5.74) is 0.550. The van der Waals surface area contributed by atoms with E-state index in [1.54, 1.807) is 17.2 Å². The van der Waals surface area contributed by atoms with Gasteiger partial charge in [-0.3, -0.25) is 4.79 Å². The minimum absolute atomic E-state index is 0.0332. The smallest absolute Gasteiger partial charge is 0.252 e. The monoisotopic (exact) mass is 403 g/mol. The van der Waals surface area contributed by atoms with Crippen LogP contribution in [-0.2, 0) is 21.1 Å². The fourth-order valence-electron chi connectivity index (χ4n) is 3.71. The molecular formula is C18H21N5O4S. The Kier molecular flexibility index (Phi) is 4.88. The van der Waals surface area contributed by atoms with E-state index >= 15 is 0 Å². The summed E-state index contributed by atoms with van der Waals surface area (Å²) in [5, 5.41) is 4.17. The molecule has 3 aromatic heterocycles. The van der Waals surface area contributed by atoms with Gasteiger partial charge in [0.05, 0.1) is 18.2 Å². The molecule has 0 saturated carbocycles. The van der Waals surface area contributed by atoms with Crippen LogP contribution in [-0.4, -0.2) is 58.2 Å². The maximum absolute atomic E-state index is 12.7. The van der Waals surface area contributed by atoms with E-state index < -0.39 is 9.84 Å². The highest BCUT2D eigenvalue weighted by Gasteiger charge is 2.31. The molecule has 4 rings (SSSR count). The number of fused-ring (bicyclic) bond motifs is 1. The molecular weight excluding hydrogens is 382 g/mol. The second-order valence-corrected chi connectivity index (χ2v) is 8.99. The van der Waals surface area contributed by atoms with Crippen molar-refractivity contribution in [2.75, 3.05) is 19.3 Å². The lowest BCUT2D eigenvalue weighted by molar-refractivity contribution is -0.132. The van der Waals surface area contributed by atoms with Crippen molar-refractivity contribution in [3.63, 3.8) is 0 Å². The number of aryl methyl sites for hydroxylation is 1. The first-order valence-electron chi connectivity index (χ1n) is 9.12. The normalized spacial score (nSPS) is 17.9. The number of nitrogens with zero attached hydrogens (tertiary/aromatic N) is 5. The second kappa shape index (κ2) is 7.34. The van der Waals surface area contributed by atoms with Crippen molar-refractivity contribution in [2.45, 2.75) is 36.5 Å². The zero-order chi connectivity index (χ0) is 19.7. The Labute approximate surface area is 162 Å². The highest BCUT2D eigenvalue weighted by Crippen LogP contribution is 2.31. The van der Waals surface area contributed by atoms with E-state index in [1.165, 1.54) is 17.0 Å². The molecule has 1 aliphatic rings. The number of hydrogen-bond acceptors (Lipinski definition) is 7. The Morgan fingerprint density at radius 2 is 2.21 bits per heavy atom. The molecule has 3 aromatic rings. The van der Waals surface area contributed by atoms with Crippen molar-refractivity contribution < 1.29 is 17.6 Å². The Balaban J connectivity index is 1.59. The Morgan fingerprint density at radius 3 is 2.96 bits per heavy atom. The molecule has 0 bridgehead atoms. The molecule has 0 aliphatic carbocycles. The van der Waals surface area contributed by atoms with Gasteiger partial charge in [0.15, 0.2) is 9.84 Å². The van der Waals surface area contributed by atoms with Crippen molar-refractivity contribution in [1.29, 1.82) is 0 Å². The van der Waals surface area contributed by atoms with E-state index in [2.05, 4.69) is 15.1 Å². The van der Waals surface area contributed by atoms with E-state index in [0.29, 0.717) is 37.4 Å². The van der Waals surface area contributed by atoms with Gasteiger partial charge in [-0.15, -0.1) is 0 Å². The molecule has 0 spiro atoms. The SMILES string of the molecule is CS(=O)(=O)c1cnc2ncnn2c1C1CCCN(C(=O)CCc2ccco2)C1. The molecule has 0 N–H and O–H groups in total. The number of amides is 1. The first-order chi connectivity index (χ1) is 13.4. The maximum atomic E-state index is 12.7. The van der Waals surface area contributed by atoms with Crippen LogP contribution in [0.1, 0.15) is 36.6 Å². The fourth-order valence-corrected chi connectivity index (χ4v) is 4.59. The molecule has 4 heterocycles. The van der Waals surface area contributed by atoms with E-state index in [9.17, 15) is 13.2 Å². The largest absolute Gasteiger partial charge is 0.469 e. The van der Waals surface area contributed by atoms with Gasteiger partial charge in [0.2, 0.25) is 5.91 Å². The van der Waals surface area contributed by atoms with Crippen LogP contribution in [0.15, 0.2) is 40.2 Å². The molecule has 1 amide bonds. The lowest BCUT2D eigenvalue weighted by Gasteiger charge is -2.33. The number of furan rings is 1. The highest BCUT2D eigenvalue weighted by molar-refractivity contribution is 7.90. The van der Waals surface area contributed by atoms with Gasteiger partial charge >= 0.3 is 0 Å². The van der Waals surface area contributed by atoms with Crippen LogP contribution in [0.4, 0.5) is 0 Å². The third-order valence-corrected chi connectivity index (χ3v) is 6.15. The van der Waals surface area contributed by atoms with E-state index in [4.69, 9.17) is 4.42 Å². The van der Waals surface area contributed by atoms with E-state index in [-0.39, 0.29) is 16.7 Å². The summed E-state index contributed by atoms with van der Waals surface area (Å²) in [4.78, 5) is 22.8. The van der Waals surface area contributed by atoms with Crippen molar-refractivity contribution >= 4 is 21.5 Å². The van der Waals surface area contributed by atoms with E-state index in [1.807, 2.05) is 6.07 Å². The molecule has 9 nitrogen and oxygen atoms in total. The molecule has 10 heteroatoms. The average Bonchev–Trinajstić information content (AvgIpc) is 3.36. The third-order valence-electron chi connectivity index (χ3n) is 5.03. The zero-order valence-electron chi connectivity index (χ0n) is 15.5. The second-order valence-electron chi connectivity index (χ2n) is 7.01. The molecule has 1 saturated heterocycles. The van der Waals surface area contributed by atoms with Crippen LogP contribution in [0.5, 0.6) is 0 Å². The maximum Gasteiger partial charge on any atom is 0.252 e. The summed E-state index contributed by atoms with van der Waals surface area (Å²) in [6, 6.07) is 3.65. The predicted octanol–water partition coefficient (Wildman–Crippen LogP) is 1.46. The summed E-state index contributed by atoms with van der Waals surface area (Å²) in [5.74, 6) is 1.01. The van der Waals surface area contributed by atoms with Crippen molar-refractivity contribution in [3.05, 3.63) is 42.4 Å². The number of aromatic nitrogens is 4. The topological polar surface area (TPSA) is 111 Å². The van der Waals surface area contributed by atoms with Crippen LogP contribution >= 0.6 is 0 Å². The molecule has 1 fully saturated rings. The summed E-state index contributed by atoms with van der Waals surface area (Å²) in [7, 11) is -3.50. The Morgan fingerprint density at radius 1 is 1.36 bits per heavy atom. The molecule has 1 atom stereocenters. The van der Waals surface area contributed by atoms with Crippen molar-refractivity contribution in [2.24, 2.45) is 0 Å². The molecule has 1 unspecified atom stereocenters. The summed E-state index contributed by atoms with van der Waals surface area (Å²) in [6.07, 6.45) is 7.90. The Hall–Kier alpha value is -2.75. The van der Waals surface area contributed by atoms with Gasteiger partial charge in [0.1, 0.15) is 17.0 Å². The van der Waals surface area contributed by atoms with E-state index in [0.717, 1.165) is 24.9 Å². The molecule has 0 radical (unpaired) electrons. The standard InChI is InChI=1S/C18H21N5O4S/c1-28(25,26)15-10-19-18-20-12-21-23(18)17(15)13-4-2-8-22(11-13)16(24)7-6-14-5-3-9-27-14/h3,5,9-10,12-13H,2,4,6-8,11H2,1H3. The van der Waals surface area contributed by atoms with Crippen LogP contribution in [0.3, 0.4) is 0 Å². The van der Waals surface area contributed by atoms with Crippen LogP contribution < -0.4 is 0 Å². The number of likely N-dealkylation sites (tertiary alicyclic amines) is 1. The van der Waals surface area contributed by atoms with Crippen LogP contribution in [0.2, 0.25) is 0 Å². The highest BCUT2D eigenvalue weighted by atomic mass is 32.2. The number of piperidine rings is 1. The van der Waals surface area contributed by atoms with Gasteiger partial charge in [-0.25, -0.2) is 13.4 Å². The number of rotatable bonds is 5. The summed E-state index contributed by atoms with van der Waals surface area (Å²) in [6.45, 7) is 1.10. The van der Waals surface area contributed by atoms with Crippen molar-refractivity contribution in [3.8, 4) is 0 Å². The first kappa shape index (κ1) is 18.6. The molecule has 1 aliphatic heterocycles. The van der Waals surface area contributed by atoms with Crippen LogP contribution in [0, 0.1) is 0 Å². The van der Waals surface area contributed by atoms with Gasteiger partial charge in [-0.2, -0.15) is 14.6 Å². The molecule has 28 heavy (non-hydrogen) atoms. The number of carbonyl (C=O) groups excluding carboxylic acids is 1. The summed E-state index contributed by atoms with van der Waals surface area (Å²) >= 11 is 0. The lowest BCUT2D eigenvalue weighted by Crippen LogP contribution is -2.40. The van der Waals surface area contributed by atoms with Gasteiger partial charge in [-0.05, 0) is 25.0 Å². The number of hydrogen-bond donors (Lipinski definition) is 0. The quantitative estimate of drug-likeness (QED) is 0.634. The summed E-state index contributed by atoms with van der Waals surface area (Å²) < 4.78 is 31.4. The lowest BCUT2D eigenvalue weighted by atomic mass is 9.94. The third kappa shape index (κ3) is 3.64. The van der Waals surface area contributed by atoms with Gasteiger partial charge in [-0.1, -0.05) is 0 Å². The van der Waals surface area contributed by atoms with Gasteiger partial charge in [0, 0.05) is 38.1 Å². The van der Waals surface area contributed by atoms with Gasteiger partial charge < -0.3 is 9.32 Å². The number of carbonyl (C=O) groups is 1. The zero-order valence-corrected chi connectivity index (χ0v) is 16.3. The molecule has 148 valence electrons. The van der Waals surface area contributed by atoms with Crippen LogP contribution in [0.25, 0.3) is 5.78 Å². The van der Waals surface area contributed by atoms with Crippen molar-refractivity contribution in [1.82, 2.24) is 24.5 Å². The van der Waals surface area contributed by atoms with Gasteiger partial charge in [0.25, 0.3) is 5.78 Å². The Bertz CT molecular complexity index is 1090. The number of sulfone groups is 1. The molecule has 0 aromatic carbocycles. The predicted molar refractivity (Wildman–Crippen MR) is 99.5 cm³/mol. The first-order valence-corrected chi connectivity index (χ1v) is 11.0. The average molecular weight is 403 g/mol. The minimum atomic E-state index is -3.50.